The highest BCUT2D eigenvalue weighted by Crippen LogP contribution is 2.27. The van der Waals surface area contributed by atoms with Crippen LogP contribution in [0.2, 0.25) is 0 Å². The number of aliphatic hydroxyl groups excluding tert-OH is 1. The predicted molar refractivity (Wildman–Crippen MR) is 79.4 cm³/mol. The Bertz CT molecular complexity index is 545. The fourth-order valence-corrected chi connectivity index (χ4v) is 3.79. The van der Waals surface area contributed by atoms with Crippen LogP contribution in [0.15, 0.2) is 29.2 Å². The summed E-state index contributed by atoms with van der Waals surface area (Å²) in [4.78, 5) is 2.25. The minimum atomic E-state index is -3.49. The van der Waals surface area contributed by atoms with Crippen molar-refractivity contribution < 1.29 is 13.5 Å². The van der Waals surface area contributed by atoms with Gasteiger partial charge in [-0.15, -0.1) is 0 Å². The van der Waals surface area contributed by atoms with Crippen molar-refractivity contribution in [3.63, 3.8) is 0 Å². The zero-order valence-electron chi connectivity index (χ0n) is 11.7. The van der Waals surface area contributed by atoms with Gasteiger partial charge in [0.05, 0.1) is 11.8 Å². The highest BCUT2D eigenvalue weighted by molar-refractivity contribution is 7.89. The Morgan fingerprint density at radius 1 is 1.40 bits per heavy atom. The lowest BCUT2D eigenvalue weighted by atomic mass is 10.1. The third-order valence-electron chi connectivity index (χ3n) is 3.43. The number of nitrogens with zero attached hydrogens (tertiary/aromatic N) is 1. The van der Waals surface area contributed by atoms with Crippen LogP contribution in [-0.4, -0.2) is 39.3 Å². The Kier molecular flexibility index (Phi) is 5.01. The van der Waals surface area contributed by atoms with Crippen LogP contribution in [0.1, 0.15) is 26.2 Å². The van der Waals surface area contributed by atoms with Crippen molar-refractivity contribution in [3.8, 4) is 0 Å². The first-order valence-electron chi connectivity index (χ1n) is 7.06. The maximum Gasteiger partial charge on any atom is 0.242 e. The summed E-state index contributed by atoms with van der Waals surface area (Å²) in [6, 6.07) is 6.98. The first-order valence-corrected chi connectivity index (χ1v) is 8.54. The summed E-state index contributed by atoms with van der Waals surface area (Å²) in [5, 5.41) is 9.77. The van der Waals surface area contributed by atoms with Gasteiger partial charge in [0, 0.05) is 19.6 Å². The van der Waals surface area contributed by atoms with Gasteiger partial charge in [0.15, 0.2) is 0 Å². The molecule has 0 radical (unpaired) electrons. The monoisotopic (exact) mass is 298 g/mol. The number of hydrogen-bond acceptors (Lipinski definition) is 4. The van der Waals surface area contributed by atoms with Crippen LogP contribution in [0.5, 0.6) is 0 Å². The molecule has 6 heteroatoms. The lowest BCUT2D eigenvalue weighted by Crippen LogP contribution is -2.39. The van der Waals surface area contributed by atoms with E-state index in [1.165, 1.54) is 0 Å². The normalized spacial score (nSPS) is 20.1. The number of benzene rings is 1. The number of anilines is 1. The Labute approximate surface area is 120 Å². The van der Waals surface area contributed by atoms with Crippen LogP contribution in [-0.2, 0) is 10.0 Å². The lowest BCUT2D eigenvalue weighted by molar-refractivity contribution is 0.154. The number of piperidine rings is 1. The molecular weight excluding hydrogens is 276 g/mol. The van der Waals surface area contributed by atoms with E-state index in [0.29, 0.717) is 23.7 Å². The molecule has 0 bridgehead atoms. The lowest BCUT2D eigenvalue weighted by Gasteiger charge is -2.33. The van der Waals surface area contributed by atoms with Crippen LogP contribution in [0, 0.1) is 0 Å². The smallest absolute Gasteiger partial charge is 0.242 e. The summed E-state index contributed by atoms with van der Waals surface area (Å²) in [6.07, 6.45) is 2.02. The molecule has 1 aliphatic heterocycles. The predicted octanol–water partition coefficient (Wildman–Crippen LogP) is 1.34. The number of para-hydroxylation sites is 1. The summed E-state index contributed by atoms with van der Waals surface area (Å²) < 4.78 is 27.3. The van der Waals surface area contributed by atoms with E-state index in [9.17, 15) is 13.5 Å². The van der Waals surface area contributed by atoms with Gasteiger partial charge in [-0.3, -0.25) is 0 Å². The summed E-state index contributed by atoms with van der Waals surface area (Å²) in [5.74, 6) is 0. The molecule has 0 aliphatic carbocycles. The first kappa shape index (κ1) is 15.3. The van der Waals surface area contributed by atoms with Gasteiger partial charge < -0.3 is 10.0 Å². The summed E-state index contributed by atoms with van der Waals surface area (Å²) >= 11 is 0. The highest BCUT2D eigenvalue weighted by Gasteiger charge is 2.24. The molecule has 5 nitrogen and oxygen atoms in total. The average Bonchev–Trinajstić information content (AvgIpc) is 2.45. The number of aliphatic hydroxyl groups is 1. The number of hydrogen-bond donors (Lipinski definition) is 2. The molecule has 1 aliphatic rings. The SMILES string of the molecule is CCCNS(=O)(=O)c1ccccc1N1CCC[C@H](O)C1. The Hall–Kier alpha value is -1.11. The summed E-state index contributed by atoms with van der Waals surface area (Å²) in [7, 11) is -3.49. The zero-order valence-corrected chi connectivity index (χ0v) is 12.6. The van der Waals surface area contributed by atoms with Crippen LogP contribution in [0.4, 0.5) is 5.69 Å². The topological polar surface area (TPSA) is 69.6 Å². The number of rotatable bonds is 5. The third-order valence-corrected chi connectivity index (χ3v) is 4.94. The molecule has 1 atom stereocenters. The van der Waals surface area contributed by atoms with E-state index in [4.69, 9.17) is 0 Å². The van der Waals surface area contributed by atoms with Crippen molar-refractivity contribution >= 4 is 15.7 Å². The fraction of sp³-hybridized carbons (Fsp3) is 0.571. The second-order valence-electron chi connectivity index (χ2n) is 5.11. The van der Waals surface area contributed by atoms with E-state index in [2.05, 4.69) is 4.72 Å². The molecule has 1 fully saturated rings. The standard InChI is InChI=1S/C14H22N2O3S/c1-2-9-15-20(18,19)14-8-4-3-7-13(14)16-10-5-6-12(17)11-16/h3-4,7-8,12,15,17H,2,5-6,9-11H2,1H3/t12-/m0/s1. The van der Waals surface area contributed by atoms with Crippen molar-refractivity contribution in [1.82, 2.24) is 4.72 Å². The quantitative estimate of drug-likeness (QED) is 0.860. The second kappa shape index (κ2) is 6.56. The molecule has 1 aromatic rings. The zero-order chi connectivity index (χ0) is 14.6. The fourth-order valence-electron chi connectivity index (χ4n) is 2.43. The molecular formula is C14H22N2O3S. The average molecular weight is 298 g/mol. The van der Waals surface area contributed by atoms with Crippen LogP contribution in [0.3, 0.4) is 0 Å². The molecule has 1 heterocycles. The van der Waals surface area contributed by atoms with E-state index in [1.807, 2.05) is 17.9 Å². The first-order chi connectivity index (χ1) is 9.54. The summed E-state index contributed by atoms with van der Waals surface area (Å²) in [6.45, 7) is 3.62. The van der Waals surface area contributed by atoms with Crippen molar-refractivity contribution in [2.45, 2.75) is 37.2 Å². The van der Waals surface area contributed by atoms with Gasteiger partial charge in [0.25, 0.3) is 0 Å². The third kappa shape index (κ3) is 3.50. The minimum absolute atomic E-state index is 0.294. The number of nitrogens with one attached hydrogen (secondary N) is 1. The van der Waals surface area contributed by atoms with Crippen molar-refractivity contribution in [1.29, 1.82) is 0 Å². The molecule has 2 N–H and O–H groups in total. The van der Waals surface area contributed by atoms with Gasteiger partial charge in [-0.1, -0.05) is 19.1 Å². The Morgan fingerprint density at radius 2 is 2.15 bits per heavy atom. The molecule has 0 spiro atoms. The van der Waals surface area contributed by atoms with E-state index >= 15 is 0 Å². The highest BCUT2D eigenvalue weighted by atomic mass is 32.2. The van der Waals surface area contributed by atoms with Crippen molar-refractivity contribution in [2.75, 3.05) is 24.5 Å². The molecule has 0 aromatic heterocycles. The van der Waals surface area contributed by atoms with E-state index < -0.39 is 10.0 Å². The van der Waals surface area contributed by atoms with Crippen LogP contribution in [0.25, 0.3) is 0 Å². The van der Waals surface area contributed by atoms with Gasteiger partial charge in [-0.05, 0) is 31.4 Å². The van der Waals surface area contributed by atoms with E-state index in [0.717, 1.165) is 25.8 Å². The molecule has 20 heavy (non-hydrogen) atoms. The molecule has 1 saturated heterocycles. The largest absolute Gasteiger partial charge is 0.391 e. The Morgan fingerprint density at radius 3 is 2.85 bits per heavy atom. The summed E-state index contributed by atoms with van der Waals surface area (Å²) in [5.41, 5.74) is 0.676. The van der Waals surface area contributed by atoms with E-state index in [-0.39, 0.29) is 6.10 Å². The van der Waals surface area contributed by atoms with Crippen molar-refractivity contribution in [3.05, 3.63) is 24.3 Å². The second-order valence-corrected chi connectivity index (χ2v) is 6.84. The van der Waals surface area contributed by atoms with Gasteiger partial charge >= 0.3 is 0 Å². The molecule has 0 amide bonds. The molecule has 2 rings (SSSR count). The van der Waals surface area contributed by atoms with Gasteiger partial charge in [0.1, 0.15) is 4.90 Å². The van der Waals surface area contributed by atoms with Crippen molar-refractivity contribution in [2.24, 2.45) is 0 Å². The van der Waals surface area contributed by atoms with Gasteiger partial charge in [0.2, 0.25) is 10.0 Å². The van der Waals surface area contributed by atoms with E-state index in [1.54, 1.807) is 18.2 Å². The maximum absolute atomic E-state index is 12.3. The van der Waals surface area contributed by atoms with Gasteiger partial charge in [-0.2, -0.15) is 0 Å². The Balaban J connectivity index is 2.30. The van der Waals surface area contributed by atoms with Crippen LogP contribution < -0.4 is 9.62 Å². The number of sulfonamides is 1. The number of β-amino-alcohol motifs (C(OH)–C–C–N with tert-alkyl or cyclic N) is 1. The molecule has 0 saturated carbocycles. The minimum Gasteiger partial charge on any atom is -0.391 e. The molecule has 112 valence electrons. The molecule has 0 unspecified atom stereocenters. The van der Waals surface area contributed by atoms with Crippen LogP contribution >= 0.6 is 0 Å². The maximum atomic E-state index is 12.3. The van der Waals surface area contributed by atoms with Gasteiger partial charge in [-0.25, -0.2) is 13.1 Å². The molecule has 1 aromatic carbocycles.